The summed E-state index contributed by atoms with van der Waals surface area (Å²) in [5.41, 5.74) is 6.51. The molecule has 0 saturated heterocycles. The van der Waals surface area contributed by atoms with Crippen molar-refractivity contribution < 1.29 is 9.53 Å². The van der Waals surface area contributed by atoms with Gasteiger partial charge >= 0.3 is 5.97 Å². The van der Waals surface area contributed by atoms with Gasteiger partial charge in [0, 0.05) is 12.5 Å². The average molecular weight is 293 g/mol. The molecule has 21 heavy (non-hydrogen) atoms. The molecule has 5 nitrogen and oxygen atoms in total. The lowest BCUT2D eigenvalue weighted by molar-refractivity contribution is 0.0521. The summed E-state index contributed by atoms with van der Waals surface area (Å²) in [6, 6.07) is 0.342. The van der Waals surface area contributed by atoms with Crippen LogP contribution in [-0.2, 0) is 11.2 Å². The van der Waals surface area contributed by atoms with Crippen LogP contribution in [0.3, 0.4) is 0 Å². The Labute approximate surface area is 126 Å². The SMILES string of the molecule is CCOC(=O)c1nc(CC)n(C2CC(C)CC(C)C2)c1N. The molecule has 0 spiro atoms. The first-order chi connectivity index (χ1) is 9.97. The highest BCUT2D eigenvalue weighted by molar-refractivity contribution is 5.92. The highest BCUT2D eigenvalue weighted by atomic mass is 16.5. The molecule has 0 aliphatic heterocycles. The van der Waals surface area contributed by atoms with E-state index in [1.807, 2.05) is 6.92 Å². The highest BCUT2D eigenvalue weighted by Gasteiger charge is 2.30. The molecule has 2 N–H and O–H groups in total. The molecule has 0 amide bonds. The Balaban J connectivity index is 2.36. The fourth-order valence-electron chi connectivity index (χ4n) is 3.62. The fourth-order valence-corrected chi connectivity index (χ4v) is 3.62. The summed E-state index contributed by atoms with van der Waals surface area (Å²) in [7, 11) is 0. The number of carbonyl (C=O) groups is 1. The van der Waals surface area contributed by atoms with E-state index in [1.165, 1.54) is 6.42 Å². The summed E-state index contributed by atoms with van der Waals surface area (Å²) in [5.74, 6) is 2.30. The second-order valence-corrected chi connectivity index (χ2v) is 6.28. The van der Waals surface area contributed by atoms with Gasteiger partial charge < -0.3 is 15.0 Å². The molecular formula is C16H27N3O2. The number of rotatable bonds is 4. The third kappa shape index (κ3) is 3.22. The maximum absolute atomic E-state index is 12.0. The van der Waals surface area contributed by atoms with Crippen LogP contribution in [0.1, 0.15) is 69.3 Å². The second kappa shape index (κ2) is 6.50. The quantitative estimate of drug-likeness (QED) is 0.865. The highest BCUT2D eigenvalue weighted by Crippen LogP contribution is 2.38. The Kier molecular flexibility index (Phi) is 4.91. The molecule has 1 aliphatic rings. The summed E-state index contributed by atoms with van der Waals surface area (Å²) in [5, 5.41) is 0. The van der Waals surface area contributed by atoms with Crippen molar-refractivity contribution in [2.75, 3.05) is 12.3 Å². The number of ether oxygens (including phenoxy) is 1. The number of nitrogen functional groups attached to an aromatic ring is 1. The lowest BCUT2D eigenvalue weighted by Crippen LogP contribution is -2.25. The molecule has 2 unspecified atom stereocenters. The molecule has 1 saturated carbocycles. The normalized spacial score (nSPS) is 25.8. The van der Waals surface area contributed by atoms with Gasteiger partial charge in [-0.25, -0.2) is 9.78 Å². The average Bonchev–Trinajstić information content (AvgIpc) is 2.75. The minimum Gasteiger partial charge on any atom is -0.461 e. The first kappa shape index (κ1) is 15.9. The summed E-state index contributed by atoms with van der Waals surface area (Å²) >= 11 is 0. The first-order valence-corrected chi connectivity index (χ1v) is 8.01. The second-order valence-electron chi connectivity index (χ2n) is 6.28. The van der Waals surface area contributed by atoms with Crippen molar-refractivity contribution in [2.45, 2.75) is 59.4 Å². The molecule has 1 aliphatic carbocycles. The lowest BCUT2D eigenvalue weighted by atomic mass is 9.80. The summed E-state index contributed by atoms with van der Waals surface area (Å²) in [6.07, 6.45) is 4.22. The van der Waals surface area contributed by atoms with Crippen LogP contribution in [0, 0.1) is 11.8 Å². The minimum atomic E-state index is -0.416. The van der Waals surface area contributed by atoms with Crippen LogP contribution in [-0.4, -0.2) is 22.1 Å². The molecule has 118 valence electrons. The third-order valence-corrected chi connectivity index (χ3v) is 4.32. The van der Waals surface area contributed by atoms with E-state index in [0.717, 1.165) is 25.1 Å². The van der Waals surface area contributed by atoms with Crippen LogP contribution >= 0.6 is 0 Å². The number of aryl methyl sites for hydroxylation is 1. The molecule has 1 heterocycles. The molecule has 0 aromatic carbocycles. The van der Waals surface area contributed by atoms with Crippen molar-refractivity contribution in [1.82, 2.24) is 9.55 Å². The van der Waals surface area contributed by atoms with Gasteiger partial charge in [0.1, 0.15) is 11.6 Å². The molecule has 1 fully saturated rings. The molecule has 5 heteroatoms. The van der Waals surface area contributed by atoms with Gasteiger partial charge in [-0.2, -0.15) is 0 Å². The third-order valence-electron chi connectivity index (χ3n) is 4.32. The summed E-state index contributed by atoms with van der Waals surface area (Å²) < 4.78 is 7.14. The number of aromatic nitrogens is 2. The van der Waals surface area contributed by atoms with Gasteiger partial charge in [0.2, 0.25) is 0 Å². The topological polar surface area (TPSA) is 70.1 Å². The van der Waals surface area contributed by atoms with E-state index >= 15 is 0 Å². The molecule has 1 aromatic rings. The van der Waals surface area contributed by atoms with Crippen LogP contribution in [0.5, 0.6) is 0 Å². The predicted octanol–water partition coefficient (Wildman–Crippen LogP) is 3.20. The van der Waals surface area contributed by atoms with Crippen molar-refractivity contribution in [3.05, 3.63) is 11.5 Å². The zero-order chi connectivity index (χ0) is 15.6. The van der Waals surface area contributed by atoms with E-state index < -0.39 is 5.97 Å². The van der Waals surface area contributed by atoms with Crippen molar-refractivity contribution in [3.8, 4) is 0 Å². The van der Waals surface area contributed by atoms with E-state index in [1.54, 1.807) is 6.92 Å². The number of anilines is 1. The van der Waals surface area contributed by atoms with Gasteiger partial charge in [-0.15, -0.1) is 0 Å². The number of imidazole rings is 1. The smallest absolute Gasteiger partial charge is 0.360 e. The number of esters is 1. The lowest BCUT2D eigenvalue weighted by Gasteiger charge is -2.33. The van der Waals surface area contributed by atoms with E-state index in [-0.39, 0.29) is 5.69 Å². The molecule has 2 atom stereocenters. The number of hydrogen-bond donors (Lipinski definition) is 1. The Bertz CT molecular complexity index is 500. The van der Waals surface area contributed by atoms with Crippen LogP contribution < -0.4 is 5.73 Å². The number of carbonyl (C=O) groups excluding carboxylic acids is 1. The van der Waals surface area contributed by atoms with E-state index in [9.17, 15) is 4.79 Å². The maximum Gasteiger partial charge on any atom is 0.360 e. The van der Waals surface area contributed by atoms with Crippen molar-refractivity contribution in [2.24, 2.45) is 11.8 Å². The Hall–Kier alpha value is -1.52. The van der Waals surface area contributed by atoms with Crippen LogP contribution in [0.2, 0.25) is 0 Å². The van der Waals surface area contributed by atoms with Gasteiger partial charge in [0.25, 0.3) is 0 Å². The van der Waals surface area contributed by atoms with Gasteiger partial charge in [0.15, 0.2) is 5.69 Å². The molecule has 0 radical (unpaired) electrons. The van der Waals surface area contributed by atoms with Crippen molar-refractivity contribution in [1.29, 1.82) is 0 Å². The Morgan fingerprint density at radius 1 is 1.29 bits per heavy atom. The van der Waals surface area contributed by atoms with Gasteiger partial charge in [0.05, 0.1) is 6.61 Å². The molecule has 1 aromatic heterocycles. The summed E-state index contributed by atoms with van der Waals surface area (Å²) in [6.45, 7) is 8.74. The van der Waals surface area contributed by atoms with Gasteiger partial charge in [-0.1, -0.05) is 20.8 Å². The zero-order valence-corrected chi connectivity index (χ0v) is 13.6. The zero-order valence-electron chi connectivity index (χ0n) is 13.6. The standard InChI is InChI=1S/C16H27N3O2/c1-5-13-18-14(16(20)21-6-2)15(17)19(13)12-8-10(3)7-11(4)9-12/h10-12H,5-9,17H2,1-4H3. The van der Waals surface area contributed by atoms with E-state index in [2.05, 4.69) is 23.4 Å². The summed E-state index contributed by atoms with van der Waals surface area (Å²) in [4.78, 5) is 16.4. The van der Waals surface area contributed by atoms with E-state index in [4.69, 9.17) is 10.5 Å². The Morgan fingerprint density at radius 2 is 1.90 bits per heavy atom. The maximum atomic E-state index is 12.0. The fraction of sp³-hybridized carbons (Fsp3) is 0.750. The molecule has 0 bridgehead atoms. The largest absolute Gasteiger partial charge is 0.461 e. The first-order valence-electron chi connectivity index (χ1n) is 8.01. The minimum absolute atomic E-state index is 0.277. The molecular weight excluding hydrogens is 266 g/mol. The number of nitrogens with zero attached hydrogens (tertiary/aromatic N) is 2. The van der Waals surface area contributed by atoms with Gasteiger partial charge in [-0.05, 0) is 38.0 Å². The number of nitrogens with two attached hydrogens (primary N) is 1. The predicted molar refractivity (Wildman–Crippen MR) is 83.2 cm³/mol. The van der Waals surface area contributed by atoms with Crippen LogP contribution in [0.4, 0.5) is 5.82 Å². The molecule has 2 rings (SSSR count). The van der Waals surface area contributed by atoms with Crippen molar-refractivity contribution >= 4 is 11.8 Å². The van der Waals surface area contributed by atoms with Crippen LogP contribution in [0.25, 0.3) is 0 Å². The van der Waals surface area contributed by atoms with E-state index in [0.29, 0.717) is 30.3 Å². The van der Waals surface area contributed by atoms with Gasteiger partial charge in [-0.3, -0.25) is 0 Å². The number of hydrogen-bond acceptors (Lipinski definition) is 4. The monoisotopic (exact) mass is 293 g/mol. The van der Waals surface area contributed by atoms with Crippen LogP contribution in [0.15, 0.2) is 0 Å². The van der Waals surface area contributed by atoms with Crippen molar-refractivity contribution in [3.63, 3.8) is 0 Å². The Morgan fingerprint density at radius 3 is 2.43 bits per heavy atom.